The number of rotatable bonds is 5. The fraction of sp³-hybridized carbons (Fsp3) is 0.600. The van der Waals surface area contributed by atoms with Crippen molar-refractivity contribution in [3.05, 3.63) is 29.8 Å². The van der Waals surface area contributed by atoms with E-state index in [1.807, 2.05) is 6.07 Å². The van der Waals surface area contributed by atoms with E-state index in [2.05, 4.69) is 36.9 Å². The minimum Gasteiger partial charge on any atom is -0.491 e. The van der Waals surface area contributed by atoms with Gasteiger partial charge in [-0.3, -0.25) is 4.90 Å². The lowest BCUT2D eigenvalue weighted by Crippen LogP contribution is -2.22. The molecule has 108 valence electrons. The second-order valence-electron chi connectivity index (χ2n) is 5.44. The van der Waals surface area contributed by atoms with Gasteiger partial charge in [0.25, 0.3) is 0 Å². The van der Waals surface area contributed by atoms with Crippen LogP contribution in [0.4, 0.5) is 0 Å². The molecule has 2 N–H and O–H groups in total. The van der Waals surface area contributed by atoms with E-state index in [0.717, 1.165) is 31.9 Å². The van der Waals surface area contributed by atoms with Gasteiger partial charge in [-0.15, -0.1) is 12.4 Å². The molecule has 4 heteroatoms. The SMILES string of the molecule is CC(C)Oc1cccc(CN2CCC(CN)C2)c1.Cl. The Hall–Kier alpha value is -0.770. The van der Waals surface area contributed by atoms with E-state index in [0.29, 0.717) is 5.92 Å². The average Bonchev–Trinajstić information content (AvgIpc) is 2.76. The van der Waals surface area contributed by atoms with Gasteiger partial charge in [0.2, 0.25) is 0 Å². The monoisotopic (exact) mass is 284 g/mol. The van der Waals surface area contributed by atoms with Crippen molar-refractivity contribution in [3.63, 3.8) is 0 Å². The van der Waals surface area contributed by atoms with Gasteiger partial charge in [-0.25, -0.2) is 0 Å². The summed E-state index contributed by atoms with van der Waals surface area (Å²) in [6, 6.07) is 8.42. The van der Waals surface area contributed by atoms with E-state index < -0.39 is 0 Å². The van der Waals surface area contributed by atoms with Gasteiger partial charge >= 0.3 is 0 Å². The highest BCUT2D eigenvalue weighted by atomic mass is 35.5. The molecule has 1 saturated heterocycles. The Labute approximate surface area is 122 Å². The predicted octanol–water partition coefficient (Wildman–Crippen LogP) is 2.68. The molecule has 0 bridgehead atoms. The Morgan fingerprint density at radius 1 is 1.42 bits per heavy atom. The van der Waals surface area contributed by atoms with Crippen LogP contribution < -0.4 is 10.5 Å². The van der Waals surface area contributed by atoms with Gasteiger partial charge in [-0.05, 0) is 57.0 Å². The van der Waals surface area contributed by atoms with Crippen LogP contribution in [-0.4, -0.2) is 30.6 Å². The van der Waals surface area contributed by atoms with Crippen molar-refractivity contribution in [1.29, 1.82) is 0 Å². The molecule has 0 saturated carbocycles. The molecule has 1 fully saturated rings. The van der Waals surface area contributed by atoms with Crippen LogP contribution in [0.3, 0.4) is 0 Å². The Kier molecular flexibility index (Phi) is 6.63. The first-order chi connectivity index (χ1) is 8.67. The van der Waals surface area contributed by atoms with Crippen LogP contribution in [0.25, 0.3) is 0 Å². The molecule has 0 spiro atoms. The second-order valence-corrected chi connectivity index (χ2v) is 5.44. The smallest absolute Gasteiger partial charge is 0.120 e. The zero-order valence-corrected chi connectivity index (χ0v) is 12.7. The van der Waals surface area contributed by atoms with Gasteiger partial charge < -0.3 is 10.5 Å². The van der Waals surface area contributed by atoms with Crippen LogP contribution in [0.5, 0.6) is 5.75 Å². The largest absolute Gasteiger partial charge is 0.491 e. The Balaban J connectivity index is 0.00000180. The van der Waals surface area contributed by atoms with Crippen LogP contribution in [0.2, 0.25) is 0 Å². The van der Waals surface area contributed by atoms with Crippen LogP contribution in [-0.2, 0) is 6.54 Å². The number of ether oxygens (including phenoxy) is 1. The van der Waals surface area contributed by atoms with E-state index in [1.54, 1.807) is 0 Å². The summed E-state index contributed by atoms with van der Waals surface area (Å²) in [6.45, 7) is 8.22. The molecule has 1 atom stereocenters. The van der Waals surface area contributed by atoms with Crippen molar-refractivity contribution >= 4 is 12.4 Å². The molecule has 1 heterocycles. The molecule has 0 amide bonds. The van der Waals surface area contributed by atoms with Crippen molar-refractivity contribution in [2.75, 3.05) is 19.6 Å². The number of nitrogens with zero attached hydrogens (tertiary/aromatic N) is 1. The predicted molar refractivity (Wildman–Crippen MR) is 81.9 cm³/mol. The molecule has 1 aromatic carbocycles. The zero-order valence-electron chi connectivity index (χ0n) is 11.8. The standard InChI is InChI=1S/C15H24N2O.ClH/c1-12(2)18-15-5-3-4-13(8-15)10-17-7-6-14(9-16)11-17;/h3-5,8,12,14H,6-7,9-11,16H2,1-2H3;1H. The minimum atomic E-state index is 0. The minimum absolute atomic E-state index is 0. The lowest BCUT2D eigenvalue weighted by molar-refractivity contribution is 0.241. The maximum Gasteiger partial charge on any atom is 0.120 e. The maximum atomic E-state index is 5.72. The zero-order chi connectivity index (χ0) is 13.0. The molecule has 1 aromatic rings. The van der Waals surface area contributed by atoms with Crippen LogP contribution in [0.15, 0.2) is 24.3 Å². The van der Waals surface area contributed by atoms with Gasteiger partial charge in [0.05, 0.1) is 6.10 Å². The third-order valence-corrected chi connectivity index (χ3v) is 3.38. The molecule has 1 aliphatic heterocycles. The summed E-state index contributed by atoms with van der Waals surface area (Å²) in [4.78, 5) is 2.48. The summed E-state index contributed by atoms with van der Waals surface area (Å²) in [5, 5.41) is 0. The second kappa shape index (κ2) is 7.73. The highest BCUT2D eigenvalue weighted by Crippen LogP contribution is 2.20. The Bertz CT molecular complexity index is 384. The van der Waals surface area contributed by atoms with Crippen LogP contribution in [0.1, 0.15) is 25.8 Å². The molecular weight excluding hydrogens is 260 g/mol. The Morgan fingerprint density at radius 2 is 2.21 bits per heavy atom. The quantitative estimate of drug-likeness (QED) is 0.903. The van der Waals surface area contributed by atoms with Gasteiger partial charge in [0.1, 0.15) is 5.75 Å². The fourth-order valence-corrected chi connectivity index (χ4v) is 2.50. The highest BCUT2D eigenvalue weighted by molar-refractivity contribution is 5.85. The fourth-order valence-electron chi connectivity index (χ4n) is 2.50. The molecule has 3 nitrogen and oxygen atoms in total. The first kappa shape index (κ1) is 16.3. The molecule has 0 aromatic heterocycles. The van der Waals surface area contributed by atoms with Gasteiger partial charge in [0, 0.05) is 13.1 Å². The average molecular weight is 285 g/mol. The number of nitrogens with two attached hydrogens (primary N) is 1. The van der Waals surface area contributed by atoms with Crippen molar-refractivity contribution < 1.29 is 4.74 Å². The molecule has 19 heavy (non-hydrogen) atoms. The van der Waals surface area contributed by atoms with Crippen molar-refractivity contribution in [3.8, 4) is 5.75 Å². The number of hydrogen-bond donors (Lipinski definition) is 1. The molecule has 0 radical (unpaired) electrons. The third-order valence-electron chi connectivity index (χ3n) is 3.38. The number of likely N-dealkylation sites (tertiary alicyclic amines) is 1. The lowest BCUT2D eigenvalue weighted by Gasteiger charge is -2.17. The van der Waals surface area contributed by atoms with Crippen LogP contribution in [0, 0.1) is 5.92 Å². The van der Waals surface area contributed by atoms with Crippen LogP contribution >= 0.6 is 12.4 Å². The summed E-state index contributed by atoms with van der Waals surface area (Å²) in [5.41, 5.74) is 7.05. The number of hydrogen-bond acceptors (Lipinski definition) is 3. The van der Waals surface area contributed by atoms with E-state index in [9.17, 15) is 0 Å². The summed E-state index contributed by atoms with van der Waals surface area (Å²) >= 11 is 0. The Morgan fingerprint density at radius 3 is 2.84 bits per heavy atom. The highest BCUT2D eigenvalue weighted by Gasteiger charge is 2.20. The molecule has 1 aliphatic rings. The van der Waals surface area contributed by atoms with E-state index in [1.165, 1.54) is 12.0 Å². The molecular formula is C15H25ClN2O. The maximum absolute atomic E-state index is 5.72. The summed E-state index contributed by atoms with van der Waals surface area (Å²) in [7, 11) is 0. The van der Waals surface area contributed by atoms with E-state index >= 15 is 0 Å². The lowest BCUT2D eigenvalue weighted by atomic mass is 10.1. The van der Waals surface area contributed by atoms with Gasteiger partial charge in [0.15, 0.2) is 0 Å². The molecule has 1 unspecified atom stereocenters. The van der Waals surface area contributed by atoms with Crippen molar-refractivity contribution in [2.24, 2.45) is 11.7 Å². The van der Waals surface area contributed by atoms with Gasteiger partial charge in [-0.2, -0.15) is 0 Å². The van der Waals surface area contributed by atoms with E-state index in [4.69, 9.17) is 10.5 Å². The van der Waals surface area contributed by atoms with Gasteiger partial charge in [-0.1, -0.05) is 12.1 Å². The summed E-state index contributed by atoms with van der Waals surface area (Å²) in [6.07, 6.45) is 1.47. The first-order valence-corrected chi connectivity index (χ1v) is 6.85. The van der Waals surface area contributed by atoms with Crippen molar-refractivity contribution in [1.82, 2.24) is 4.90 Å². The topological polar surface area (TPSA) is 38.5 Å². The summed E-state index contributed by atoms with van der Waals surface area (Å²) in [5.74, 6) is 1.65. The third kappa shape index (κ3) is 5.01. The van der Waals surface area contributed by atoms with Crippen molar-refractivity contribution in [2.45, 2.75) is 32.9 Å². The van der Waals surface area contributed by atoms with E-state index in [-0.39, 0.29) is 18.5 Å². The molecule has 0 aliphatic carbocycles. The molecule has 2 rings (SSSR count). The summed E-state index contributed by atoms with van der Waals surface area (Å²) < 4.78 is 5.72. The normalized spacial score (nSPS) is 19.5. The first-order valence-electron chi connectivity index (χ1n) is 6.85. The number of halogens is 1. The number of benzene rings is 1.